The Kier molecular flexibility index (Phi) is 4.96. The summed E-state index contributed by atoms with van der Waals surface area (Å²) in [5.41, 5.74) is 2.25. The van der Waals surface area contributed by atoms with Crippen LogP contribution in [0.4, 0.5) is 0 Å². The fraction of sp³-hybridized carbons (Fsp3) is 0.500. The van der Waals surface area contributed by atoms with Crippen molar-refractivity contribution in [2.45, 2.75) is 19.8 Å². The van der Waals surface area contributed by atoms with E-state index in [0.29, 0.717) is 13.0 Å². The lowest BCUT2D eigenvalue weighted by Crippen LogP contribution is -2.24. The van der Waals surface area contributed by atoms with E-state index in [9.17, 15) is 8.42 Å². The highest BCUT2D eigenvalue weighted by molar-refractivity contribution is 7.88. The summed E-state index contributed by atoms with van der Waals surface area (Å²) in [5, 5.41) is 0. The van der Waals surface area contributed by atoms with Crippen molar-refractivity contribution in [1.82, 2.24) is 4.72 Å². The van der Waals surface area contributed by atoms with E-state index < -0.39 is 10.0 Å². The third kappa shape index (κ3) is 4.75. The summed E-state index contributed by atoms with van der Waals surface area (Å²) in [4.78, 5) is 0. The van der Waals surface area contributed by atoms with Crippen LogP contribution < -0.4 is 9.46 Å². The molecular formula is C12H19NO3S. The van der Waals surface area contributed by atoms with E-state index in [1.54, 1.807) is 7.11 Å². The first-order valence-corrected chi connectivity index (χ1v) is 7.46. The highest BCUT2D eigenvalue weighted by Crippen LogP contribution is 2.20. The highest BCUT2D eigenvalue weighted by Gasteiger charge is 2.05. The van der Waals surface area contributed by atoms with Gasteiger partial charge in [0, 0.05) is 6.54 Å². The van der Waals surface area contributed by atoms with Crippen LogP contribution in [0.25, 0.3) is 0 Å². The first kappa shape index (κ1) is 14.0. The van der Waals surface area contributed by atoms with E-state index in [2.05, 4.69) is 17.7 Å². The van der Waals surface area contributed by atoms with Gasteiger partial charge in [0.15, 0.2) is 0 Å². The molecule has 0 aliphatic rings. The topological polar surface area (TPSA) is 55.4 Å². The van der Waals surface area contributed by atoms with Crippen molar-refractivity contribution < 1.29 is 13.2 Å². The minimum Gasteiger partial charge on any atom is -0.496 e. The maximum Gasteiger partial charge on any atom is 0.208 e. The zero-order valence-corrected chi connectivity index (χ0v) is 11.3. The second kappa shape index (κ2) is 6.02. The van der Waals surface area contributed by atoms with Gasteiger partial charge in [0.25, 0.3) is 0 Å². The molecule has 0 aromatic heterocycles. The molecule has 0 unspecified atom stereocenters. The standard InChI is InChI=1S/C12H19NO3S/c1-4-10-5-6-12(16-2)11(9-10)7-8-13-17(3,14)15/h5-6,9,13H,4,7-8H2,1-3H3. The van der Waals surface area contributed by atoms with Crippen LogP contribution in [0.5, 0.6) is 5.75 Å². The maximum atomic E-state index is 11.0. The largest absolute Gasteiger partial charge is 0.496 e. The van der Waals surface area contributed by atoms with E-state index in [4.69, 9.17) is 4.74 Å². The van der Waals surface area contributed by atoms with E-state index in [1.807, 2.05) is 12.1 Å². The Morgan fingerprint density at radius 3 is 2.59 bits per heavy atom. The molecule has 0 amide bonds. The predicted molar refractivity (Wildman–Crippen MR) is 68.9 cm³/mol. The molecule has 0 atom stereocenters. The van der Waals surface area contributed by atoms with Crippen LogP contribution in [0, 0.1) is 0 Å². The Bertz CT molecular complexity index is 469. The number of aryl methyl sites for hydroxylation is 1. The van der Waals surface area contributed by atoms with Crippen molar-refractivity contribution in [1.29, 1.82) is 0 Å². The fourth-order valence-corrected chi connectivity index (χ4v) is 2.09. The van der Waals surface area contributed by atoms with Crippen molar-refractivity contribution >= 4 is 10.0 Å². The Morgan fingerprint density at radius 1 is 1.35 bits per heavy atom. The first-order valence-electron chi connectivity index (χ1n) is 5.56. The van der Waals surface area contributed by atoms with E-state index in [1.165, 1.54) is 5.56 Å². The molecular weight excluding hydrogens is 238 g/mol. The Morgan fingerprint density at radius 2 is 2.06 bits per heavy atom. The van der Waals surface area contributed by atoms with Crippen LogP contribution in [-0.4, -0.2) is 28.3 Å². The molecule has 4 nitrogen and oxygen atoms in total. The van der Waals surface area contributed by atoms with Crippen molar-refractivity contribution in [2.24, 2.45) is 0 Å². The van der Waals surface area contributed by atoms with Crippen LogP contribution in [0.15, 0.2) is 18.2 Å². The van der Waals surface area contributed by atoms with Crippen LogP contribution in [0.3, 0.4) is 0 Å². The Balaban J connectivity index is 2.74. The summed E-state index contributed by atoms with van der Waals surface area (Å²) >= 11 is 0. The summed E-state index contributed by atoms with van der Waals surface area (Å²) in [7, 11) is -1.50. The number of methoxy groups -OCH3 is 1. The number of rotatable bonds is 6. The molecule has 5 heteroatoms. The fourth-order valence-electron chi connectivity index (χ4n) is 1.62. The summed E-state index contributed by atoms with van der Waals surface area (Å²) in [6.07, 6.45) is 2.74. The number of hydrogen-bond acceptors (Lipinski definition) is 3. The second-order valence-electron chi connectivity index (χ2n) is 3.92. The average molecular weight is 257 g/mol. The van der Waals surface area contributed by atoms with Crippen molar-refractivity contribution in [3.05, 3.63) is 29.3 Å². The van der Waals surface area contributed by atoms with Gasteiger partial charge in [-0.25, -0.2) is 13.1 Å². The first-order chi connectivity index (χ1) is 7.96. The van der Waals surface area contributed by atoms with E-state index in [0.717, 1.165) is 24.0 Å². The quantitative estimate of drug-likeness (QED) is 0.837. The SMILES string of the molecule is CCc1ccc(OC)c(CCNS(C)(=O)=O)c1. The molecule has 0 bridgehead atoms. The molecule has 0 saturated heterocycles. The summed E-state index contributed by atoms with van der Waals surface area (Å²) < 4.78 is 29.6. The van der Waals surface area contributed by atoms with Gasteiger partial charge >= 0.3 is 0 Å². The smallest absolute Gasteiger partial charge is 0.208 e. The normalized spacial score (nSPS) is 11.5. The zero-order chi connectivity index (χ0) is 12.9. The van der Waals surface area contributed by atoms with Crippen molar-refractivity contribution in [2.75, 3.05) is 19.9 Å². The van der Waals surface area contributed by atoms with Gasteiger partial charge in [-0.05, 0) is 30.0 Å². The maximum absolute atomic E-state index is 11.0. The zero-order valence-electron chi connectivity index (χ0n) is 10.5. The van der Waals surface area contributed by atoms with Gasteiger partial charge in [-0.2, -0.15) is 0 Å². The van der Waals surface area contributed by atoms with Gasteiger partial charge in [-0.15, -0.1) is 0 Å². The Labute approximate surface area is 103 Å². The molecule has 1 N–H and O–H groups in total. The third-order valence-corrected chi connectivity index (χ3v) is 3.24. The van der Waals surface area contributed by atoms with Gasteiger partial charge in [0.1, 0.15) is 5.75 Å². The predicted octanol–water partition coefficient (Wildman–Crippen LogP) is 1.35. The van der Waals surface area contributed by atoms with Gasteiger partial charge < -0.3 is 4.74 Å². The van der Waals surface area contributed by atoms with Crippen molar-refractivity contribution in [3.8, 4) is 5.75 Å². The average Bonchev–Trinajstić information content (AvgIpc) is 2.27. The molecule has 96 valence electrons. The number of ether oxygens (including phenoxy) is 1. The van der Waals surface area contributed by atoms with E-state index in [-0.39, 0.29) is 0 Å². The van der Waals surface area contributed by atoms with Gasteiger partial charge in [-0.3, -0.25) is 0 Å². The lowest BCUT2D eigenvalue weighted by Gasteiger charge is -2.10. The molecule has 1 aromatic rings. The number of benzene rings is 1. The van der Waals surface area contributed by atoms with Crippen LogP contribution in [0.2, 0.25) is 0 Å². The number of hydrogen-bond donors (Lipinski definition) is 1. The minimum absolute atomic E-state index is 0.391. The van der Waals surface area contributed by atoms with Crippen LogP contribution in [-0.2, 0) is 22.9 Å². The van der Waals surface area contributed by atoms with Gasteiger partial charge in [0.05, 0.1) is 13.4 Å². The number of sulfonamides is 1. The highest BCUT2D eigenvalue weighted by atomic mass is 32.2. The Hall–Kier alpha value is -1.07. The molecule has 0 heterocycles. The monoisotopic (exact) mass is 257 g/mol. The van der Waals surface area contributed by atoms with Gasteiger partial charge in [-0.1, -0.05) is 19.1 Å². The minimum atomic E-state index is -3.12. The van der Waals surface area contributed by atoms with Crippen LogP contribution in [0.1, 0.15) is 18.1 Å². The molecule has 0 radical (unpaired) electrons. The molecule has 1 aromatic carbocycles. The van der Waals surface area contributed by atoms with Gasteiger partial charge in [0.2, 0.25) is 10.0 Å². The summed E-state index contributed by atoms with van der Waals surface area (Å²) in [6.45, 7) is 2.47. The lowest BCUT2D eigenvalue weighted by atomic mass is 10.1. The van der Waals surface area contributed by atoms with Crippen molar-refractivity contribution in [3.63, 3.8) is 0 Å². The second-order valence-corrected chi connectivity index (χ2v) is 5.75. The third-order valence-electron chi connectivity index (χ3n) is 2.51. The van der Waals surface area contributed by atoms with Crippen LogP contribution >= 0.6 is 0 Å². The molecule has 0 spiro atoms. The molecule has 1 rings (SSSR count). The molecule has 17 heavy (non-hydrogen) atoms. The number of nitrogens with one attached hydrogen (secondary N) is 1. The lowest BCUT2D eigenvalue weighted by molar-refractivity contribution is 0.409. The molecule has 0 saturated carbocycles. The molecule has 0 aliphatic carbocycles. The molecule has 0 fully saturated rings. The summed E-state index contributed by atoms with van der Waals surface area (Å²) in [6, 6.07) is 6.00. The molecule has 0 aliphatic heterocycles. The summed E-state index contributed by atoms with van der Waals surface area (Å²) in [5.74, 6) is 0.803. The van der Waals surface area contributed by atoms with E-state index >= 15 is 0 Å².